The summed E-state index contributed by atoms with van der Waals surface area (Å²) in [6, 6.07) is 0. The number of methoxy groups -OCH3 is 1. The summed E-state index contributed by atoms with van der Waals surface area (Å²) in [4.78, 5) is 0. The third-order valence-electron chi connectivity index (χ3n) is 1.75. The SMILES string of the molecule is C=C(C)/C=C(/CC)CNC/C=C/OC. The second kappa shape index (κ2) is 8.57. The Morgan fingerprint density at radius 1 is 1.50 bits per heavy atom. The van der Waals surface area contributed by atoms with Gasteiger partial charge in [0.25, 0.3) is 0 Å². The normalized spacial score (nSPS) is 12.1. The van der Waals surface area contributed by atoms with E-state index in [1.807, 2.05) is 13.0 Å². The highest BCUT2D eigenvalue weighted by atomic mass is 16.5. The molecular formula is C12H21NO. The van der Waals surface area contributed by atoms with Gasteiger partial charge in [0.05, 0.1) is 13.4 Å². The summed E-state index contributed by atoms with van der Waals surface area (Å²) in [5.74, 6) is 0. The molecule has 0 spiro atoms. The van der Waals surface area contributed by atoms with Crippen molar-refractivity contribution in [3.63, 3.8) is 0 Å². The number of hydrogen-bond donors (Lipinski definition) is 1. The van der Waals surface area contributed by atoms with Gasteiger partial charge in [0.1, 0.15) is 0 Å². The van der Waals surface area contributed by atoms with Crippen LogP contribution in [0.3, 0.4) is 0 Å². The number of ether oxygens (including phenoxy) is 1. The first-order chi connectivity index (χ1) is 6.70. The summed E-state index contributed by atoms with van der Waals surface area (Å²) in [6.45, 7) is 9.78. The third kappa shape index (κ3) is 7.62. The maximum atomic E-state index is 4.79. The fourth-order valence-corrected chi connectivity index (χ4v) is 1.09. The van der Waals surface area contributed by atoms with E-state index in [9.17, 15) is 0 Å². The smallest absolute Gasteiger partial charge is 0.0797 e. The van der Waals surface area contributed by atoms with Crippen LogP contribution in [0.25, 0.3) is 0 Å². The molecule has 1 N–H and O–H groups in total. The Morgan fingerprint density at radius 2 is 2.21 bits per heavy atom. The van der Waals surface area contributed by atoms with Gasteiger partial charge < -0.3 is 10.1 Å². The third-order valence-corrected chi connectivity index (χ3v) is 1.75. The Bertz CT molecular complexity index is 216. The van der Waals surface area contributed by atoms with Crippen molar-refractivity contribution in [2.45, 2.75) is 20.3 Å². The summed E-state index contributed by atoms with van der Waals surface area (Å²) >= 11 is 0. The molecule has 0 amide bonds. The quantitative estimate of drug-likeness (QED) is 0.383. The number of hydrogen-bond acceptors (Lipinski definition) is 2. The van der Waals surface area contributed by atoms with Gasteiger partial charge in [0, 0.05) is 13.1 Å². The van der Waals surface area contributed by atoms with Gasteiger partial charge in [-0.15, -0.1) is 0 Å². The van der Waals surface area contributed by atoms with Crippen LogP contribution < -0.4 is 5.32 Å². The minimum absolute atomic E-state index is 0.835. The molecule has 0 aromatic carbocycles. The van der Waals surface area contributed by atoms with Crippen molar-refractivity contribution in [2.24, 2.45) is 0 Å². The van der Waals surface area contributed by atoms with Crippen molar-refractivity contribution < 1.29 is 4.74 Å². The summed E-state index contributed by atoms with van der Waals surface area (Å²) in [6.07, 6.45) is 6.83. The van der Waals surface area contributed by atoms with E-state index < -0.39 is 0 Å². The average Bonchev–Trinajstić information content (AvgIpc) is 2.15. The molecule has 0 saturated carbocycles. The molecule has 0 atom stereocenters. The maximum absolute atomic E-state index is 4.79. The van der Waals surface area contributed by atoms with Crippen molar-refractivity contribution in [2.75, 3.05) is 20.2 Å². The van der Waals surface area contributed by atoms with Crippen molar-refractivity contribution in [3.05, 3.63) is 36.1 Å². The van der Waals surface area contributed by atoms with E-state index >= 15 is 0 Å². The predicted molar refractivity (Wildman–Crippen MR) is 62.2 cm³/mol. The van der Waals surface area contributed by atoms with Gasteiger partial charge in [-0.25, -0.2) is 0 Å². The summed E-state index contributed by atoms with van der Waals surface area (Å²) in [5, 5.41) is 3.30. The lowest BCUT2D eigenvalue weighted by Crippen LogP contribution is -2.16. The molecule has 0 aromatic rings. The number of allylic oxidation sites excluding steroid dienone is 2. The zero-order valence-corrected chi connectivity index (χ0v) is 9.47. The molecule has 0 radical (unpaired) electrons. The molecule has 0 fully saturated rings. The van der Waals surface area contributed by atoms with Gasteiger partial charge in [-0.1, -0.05) is 30.7 Å². The first kappa shape index (κ1) is 13.0. The molecule has 2 heteroatoms. The average molecular weight is 195 g/mol. The fourth-order valence-electron chi connectivity index (χ4n) is 1.09. The van der Waals surface area contributed by atoms with E-state index in [1.54, 1.807) is 13.4 Å². The Kier molecular flexibility index (Phi) is 7.95. The molecule has 0 aliphatic rings. The summed E-state index contributed by atoms with van der Waals surface area (Å²) in [5.41, 5.74) is 2.49. The van der Waals surface area contributed by atoms with Gasteiger partial charge in [-0.05, 0) is 19.4 Å². The monoisotopic (exact) mass is 195 g/mol. The second-order valence-corrected chi connectivity index (χ2v) is 3.24. The highest BCUT2D eigenvalue weighted by Crippen LogP contribution is 2.02. The molecular weight excluding hydrogens is 174 g/mol. The van der Waals surface area contributed by atoms with E-state index in [0.29, 0.717) is 0 Å². The van der Waals surface area contributed by atoms with Crippen LogP contribution in [-0.2, 0) is 4.74 Å². The topological polar surface area (TPSA) is 21.3 Å². The van der Waals surface area contributed by atoms with Crippen LogP contribution in [0.15, 0.2) is 36.1 Å². The minimum atomic E-state index is 0.835. The van der Waals surface area contributed by atoms with Crippen molar-refractivity contribution in [3.8, 4) is 0 Å². The molecule has 2 nitrogen and oxygen atoms in total. The highest BCUT2D eigenvalue weighted by Gasteiger charge is 1.92. The summed E-state index contributed by atoms with van der Waals surface area (Å²) in [7, 11) is 1.65. The minimum Gasteiger partial charge on any atom is -0.505 e. The van der Waals surface area contributed by atoms with Gasteiger partial charge in [0.15, 0.2) is 0 Å². The highest BCUT2D eigenvalue weighted by molar-refractivity contribution is 5.19. The zero-order valence-electron chi connectivity index (χ0n) is 9.47. The van der Waals surface area contributed by atoms with Crippen LogP contribution >= 0.6 is 0 Å². The summed E-state index contributed by atoms with van der Waals surface area (Å²) < 4.78 is 4.79. The lowest BCUT2D eigenvalue weighted by atomic mass is 10.1. The zero-order chi connectivity index (χ0) is 10.8. The van der Waals surface area contributed by atoms with Crippen LogP contribution in [0.2, 0.25) is 0 Å². The lowest BCUT2D eigenvalue weighted by molar-refractivity contribution is 0.336. The molecule has 0 saturated heterocycles. The first-order valence-electron chi connectivity index (χ1n) is 4.94. The van der Waals surface area contributed by atoms with Gasteiger partial charge in [-0.2, -0.15) is 0 Å². The number of nitrogens with one attached hydrogen (secondary N) is 1. The molecule has 0 aromatic heterocycles. The molecule has 0 rings (SSSR count). The van der Waals surface area contributed by atoms with Gasteiger partial charge in [-0.3, -0.25) is 0 Å². The van der Waals surface area contributed by atoms with Crippen LogP contribution in [0, 0.1) is 0 Å². The van der Waals surface area contributed by atoms with Crippen LogP contribution in [0.4, 0.5) is 0 Å². The van der Waals surface area contributed by atoms with Gasteiger partial charge in [0.2, 0.25) is 0 Å². The molecule has 80 valence electrons. The van der Waals surface area contributed by atoms with Crippen LogP contribution in [0.5, 0.6) is 0 Å². The Balaban J connectivity index is 3.74. The van der Waals surface area contributed by atoms with E-state index in [0.717, 1.165) is 25.1 Å². The van der Waals surface area contributed by atoms with Crippen molar-refractivity contribution in [1.82, 2.24) is 5.32 Å². The van der Waals surface area contributed by atoms with E-state index in [1.165, 1.54) is 5.57 Å². The van der Waals surface area contributed by atoms with Crippen LogP contribution in [0.1, 0.15) is 20.3 Å². The standard InChI is InChI=1S/C12H21NO/c1-5-12(9-11(2)3)10-13-7-6-8-14-4/h6,8-9,13H,2,5,7,10H2,1,3-4H3/b8-6+,12-9-. The number of rotatable bonds is 7. The fraction of sp³-hybridized carbons (Fsp3) is 0.500. The molecule has 0 bridgehead atoms. The van der Waals surface area contributed by atoms with Crippen molar-refractivity contribution >= 4 is 0 Å². The Morgan fingerprint density at radius 3 is 2.71 bits per heavy atom. The Hall–Kier alpha value is -1.02. The van der Waals surface area contributed by atoms with E-state index in [4.69, 9.17) is 4.74 Å². The predicted octanol–water partition coefficient (Wildman–Crippen LogP) is 2.65. The molecule has 0 aliphatic carbocycles. The van der Waals surface area contributed by atoms with Crippen molar-refractivity contribution in [1.29, 1.82) is 0 Å². The van der Waals surface area contributed by atoms with E-state index in [-0.39, 0.29) is 0 Å². The van der Waals surface area contributed by atoms with Crippen LogP contribution in [-0.4, -0.2) is 20.2 Å². The molecule has 0 unspecified atom stereocenters. The van der Waals surface area contributed by atoms with Gasteiger partial charge >= 0.3 is 0 Å². The molecule has 14 heavy (non-hydrogen) atoms. The molecule has 0 aliphatic heterocycles. The van der Waals surface area contributed by atoms with E-state index in [2.05, 4.69) is 24.9 Å². The molecule has 0 heterocycles. The first-order valence-corrected chi connectivity index (χ1v) is 4.94. The Labute approximate surface area is 87.3 Å². The maximum Gasteiger partial charge on any atom is 0.0797 e. The largest absolute Gasteiger partial charge is 0.505 e. The lowest BCUT2D eigenvalue weighted by Gasteiger charge is -2.05. The second-order valence-electron chi connectivity index (χ2n) is 3.24.